The highest BCUT2D eigenvalue weighted by molar-refractivity contribution is 5.86. The lowest BCUT2D eigenvalue weighted by atomic mass is 9.96. The van der Waals surface area contributed by atoms with Gasteiger partial charge in [-0.1, -0.05) is 13.0 Å². The van der Waals surface area contributed by atoms with Crippen molar-refractivity contribution in [1.82, 2.24) is 5.32 Å². The fraction of sp³-hybridized carbons (Fsp3) is 0.700. The lowest BCUT2D eigenvalue weighted by Crippen LogP contribution is -2.29. The van der Waals surface area contributed by atoms with Crippen molar-refractivity contribution in [3.8, 4) is 0 Å². The number of rotatable bonds is 3. The van der Waals surface area contributed by atoms with Crippen molar-refractivity contribution in [1.29, 1.82) is 0 Å². The molecule has 1 saturated heterocycles. The first-order valence-electron chi connectivity index (χ1n) is 4.88. The lowest BCUT2D eigenvalue weighted by Gasteiger charge is -2.20. The normalized spacial score (nSPS) is 24.4. The summed E-state index contributed by atoms with van der Waals surface area (Å²) in [6.07, 6.45) is 4.79. The Kier molecular flexibility index (Phi) is 3.96. The zero-order valence-electron chi connectivity index (χ0n) is 8.05. The molecular formula is C10H17NO2. The van der Waals surface area contributed by atoms with Crippen molar-refractivity contribution in [2.75, 3.05) is 13.1 Å². The van der Waals surface area contributed by atoms with E-state index in [1.165, 1.54) is 0 Å². The van der Waals surface area contributed by atoms with Crippen molar-refractivity contribution in [3.05, 3.63) is 11.6 Å². The third-order valence-corrected chi connectivity index (χ3v) is 2.43. The Labute approximate surface area is 78.8 Å². The molecule has 0 bridgehead atoms. The number of carboxylic acids is 1. The van der Waals surface area contributed by atoms with Gasteiger partial charge in [-0.3, -0.25) is 0 Å². The maximum atomic E-state index is 10.7. The van der Waals surface area contributed by atoms with E-state index in [-0.39, 0.29) is 0 Å². The predicted molar refractivity (Wildman–Crippen MR) is 51.6 cm³/mol. The van der Waals surface area contributed by atoms with Gasteiger partial charge >= 0.3 is 5.97 Å². The molecule has 3 heteroatoms. The van der Waals surface area contributed by atoms with Crippen molar-refractivity contribution >= 4 is 5.97 Å². The predicted octanol–water partition coefficient (Wildman–Crippen LogP) is 1.41. The van der Waals surface area contributed by atoms with E-state index in [0.717, 1.165) is 25.9 Å². The average Bonchev–Trinajstić information content (AvgIpc) is 2.15. The van der Waals surface area contributed by atoms with Gasteiger partial charge in [0.1, 0.15) is 0 Å². The molecule has 0 aromatic carbocycles. The summed E-state index contributed by atoms with van der Waals surface area (Å²) < 4.78 is 0. The van der Waals surface area contributed by atoms with E-state index < -0.39 is 5.97 Å². The third-order valence-electron chi connectivity index (χ3n) is 2.43. The summed E-state index contributed by atoms with van der Waals surface area (Å²) in [5.74, 6) is -0.354. The van der Waals surface area contributed by atoms with Crippen LogP contribution in [-0.4, -0.2) is 24.2 Å². The van der Waals surface area contributed by atoms with E-state index in [2.05, 4.69) is 5.32 Å². The quantitative estimate of drug-likeness (QED) is 0.650. The molecule has 3 nitrogen and oxygen atoms in total. The van der Waals surface area contributed by atoms with Crippen LogP contribution in [-0.2, 0) is 4.79 Å². The Morgan fingerprint density at radius 1 is 1.69 bits per heavy atom. The number of nitrogens with one attached hydrogen (secondary N) is 1. The van der Waals surface area contributed by atoms with Crippen LogP contribution in [0.3, 0.4) is 0 Å². The van der Waals surface area contributed by atoms with Crippen LogP contribution in [0.2, 0.25) is 0 Å². The van der Waals surface area contributed by atoms with Crippen LogP contribution in [0.15, 0.2) is 11.6 Å². The zero-order valence-corrected chi connectivity index (χ0v) is 8.05. The van der Waals surface area contributed by atoms with E-state index in [0.29, 0.717) is 17.9 Å². The van der Waals surface area contributed by atoms with Gasteiger partial charge in [-0.2, -0.15) is 0 Å². The smallest absolute Gasteiger partial charge is 0.331 e. The van der Waals surface area contributed by atoms with Crippen molar-refractivity contribution in [2.45, 2.75) is 26.2 Å². The molecule has 1 heterocycles. The second-order valence-electron chi connectivity index (χ2n) is 3.46. The molecule has 0 amide bonds. The van der Waals surface area contributed by atoms with E-state index in [4.69, 9.17) is 5.11 Å². The molecule has 1 unspecified atom stereocenters. The van der Waals surface area contributed by atoms with Crippen LogP contribution in [0.25, 0.3) is 0 Å². The Bertz CT molecular complexity index is 205. The Balaban J connectivity index is 2.54. The zero-order chi connectivity index (χ0) is 9.68. The first-order chi connectivity index (χ1) is 6.24. The third kappa shape index (κ3) is 3.19. The summed E-state index contributed by atoms with van der Waals surface area (Å²) in [5.41, 5.74) is 0.550. The van der Waals surface area contributed by atoms with Crippen LogP contribution in [0.5, 0.6) is 0 Å². The molecule has 1 aliphatic rings. The molecule has 0 radical (unpaired) electrons. The number of hydrogen-bond acceptors (Lipinski definition) is 2. The first kappa shape index (κ1) is 10.3. The Morgan fingerprint density at radius 2 is 2.46 bits per heavy atom. The maximum absolute atomic E-state index is 10.7. The Morgan fingerprint density at radius 3 is 2.92 bits per heavy atom. The number of aliphatic carboxylic acids is 1. The summed E-state index contributed by atoms with van der Waals surface area (Å²) in [7, 11) is 0. The molecule has 0 aromatic heterocycles. The Hall–Kier alpha value is -0.830. The van der Waals surface area contributed by atoms with Gasteiger partial charge in [0.25, 0.3) is 0 Å². The van der Waals surface area contributed by atoms with Crippen LogP contribution in [0.4, 0.5) is 0 Å². The van der Waals surface area contributed by atoms with Gasteiger partial charge in [-0.15, -0.1) is 0 Å². The van der Waals surface area contributed by atoms with Crippen LogP contribution < -0.4 is 5.32 Å². The molecule has 1 fully saturated rings. The molecule has 0 aromatic rings. The standard InChI is InChI=1S/C10H17NO2/c1-2-9(10(12)13)6-8-4-3-5-11-7-8/h6,8,11H,2-5,7H2,1H3,(H,12,13)/b9-6+. The number of carboxylic acid groups (broad SMARTS) is 1. The molecule has 1 rings (SSSR count). The van der Waals surface area contributed by atoms with Gasteiger partial charge in [0.2, 0.25) is 0 Å². The topological polar surface area (TPSA) is 49.3 Å². The van der Waals surface area contributed by atoms with Crippen molar-refractivity contribution in [2.24, 2.45) is 5.92 Å². The molecule has 1 aliphatic heterocycles. The van der Waals surface area contributed by atoms with Crippen LogP contribution in [0.1, 0.15) is 26.2 Å². The van der Waals surface area contributed by atoms with Crippen molar-refractivity contribution in [3.63, 3.8) is 0 Å². The molecule has 1 atom stereocenters. The van der Waals surface area contributed by atoms with Gasteiger partial charge in [0.15, 0.2) is 0 Å². The minimum Gasteiger partial charge on any atom is -0.478 e. The summed E-state index contributed by atoms with van der Waals surface area (Å²) >= 11 is 0. The largest absolute Gasteiger partial charge is 0.478 e. The van der Waals surface area contributed by atoms with E-state index in [1.54, 1.807) is 0 Å². The van der Waals surface area contributed by atoms with E-state index >= 15 is 0 Å². The SMILES string of the molecule is CC/C(=C\C1CCCNC1)C(=O)O. The van der Waals surface area contributed by atoms with Crippen LogP contribution >= 0.6 is 0 Å². The van der Waals surface area contributed by atoms with Crippen molar-refractivity contribution < 1.29 is 9.90 Å². The number of piperidine rings is 1. The van der Waals surface area contributed by atoms with Gasteiger partial charge in [-0.25, -0.2) is 4.79 Å². The molecule has 0 spiro atoms. The first-order valence-corrected chi connectivity index (χ1v) is 4.88. The summed E-state index contributed by atoms with van der Waals surface area (Å²) in [4.78, 5) is 10.7. The summed E-state index contributed by atoms with van der Waals surface area (Å²) in [6, 6.07) is 0. The summed E-state index contributed by atoms with van der Waals surface area (Å²) in [5, 5.41) is 12.1. The van der Waals surface area contributed by atoms with Gasteiger partial charge in [0.05, 0.1) is 0 Å². The fourth-order valence-corrected chi connectivity index (χ4v) is 1.65. The minimum atomic E-state index is -0.770. The van der Waals surface area contributed by atoms with E-state index in [9.17, 15) is 4.79 Å². The average molecular weight is 183 g/mol. The molecule has 2 N–H and O–H groups in total. The number of hydrogen-bond donors (Lipinski definition) is 2. The lowest BCUT2D eigenvalue weighted by molar-refractivity contribution is -0.132. The minimum absolute atomic E-state index is 0.416. The van der Waals surface area contributed by atoms with Gasteiger partial charge in [0, 0.05) is 12.1 Å². The maximum Gasteiger partial charge on any atom is 0.331 e. The van der Waals surface area contributed by atoms with Crippen LogP contribution in [0, 0.1) is 5.92 Å². The molecule has 13 heavy (non-hydrogen) atoms. The fourth-order valence-electron chi connectivity index (χ4n) is 1.65. The van der Waals surface area contributed by atoms with Gasteiger partial charge in [-0.05, 0) is 31.7 Å². The summed E-state index contributed by atoms with van der Waals surface area (Å²) in [6.45, 7) is 3.88. The van der Waals surface area contributed by atoms with E-state index in [1.807, 2.05) is 13.0 Å². The highest BCUT2D eigenvalue weighted by Crippen LogP contribution is 2.15. The highest BCUT2D eigenvalue weighted by Gasteiger charge is 2.13. The monoisotopic (exact) mass is 183 g/mol. The second kappa shape index (κ2) is 5.02. The second-order valence-corrected chi connectivity index (χ2v) is 3.46. The molecule has 0 saturated carbocycles. The van der Waals surface area contributed by atoms with Gasteiger partial charge < -0.3 is 10.4 Å². The molecule has 0 aliphatic carbocycles. The molecule has 74 valence electrons. The highest BCUT2D eigenvalue weighted by atomic mass is 16.4. The number of carbonyl (C=O) groups is 1. The molecular weight excluding hydrogens is 166 g/mol.